The van der Waals surface area contributed by atoms with Gasteiger partial charge in [-0.2, -0.15) is 13.2 Å². The highest BCUT2D eigenvalue weighted by molar-refractivity contribution is 5.95. The van der Waals surface area contributed by atoms with Gasteiger partial charge in [-0.25, -0.2) is 0 Å². The van der Waals surface area contributed by atoms with Gasteiger partial charge in [0.25, 0.3) is 0 Å². The molecule has 0 fully saturated rings. The maximum absolute atomic E-state index is 12.9. The molecular formula is C13H17F3N2O2. The van der Waals surface area contributed by atoms with Gasteiger partial charge in [-0.1, -0.05) is 6.92 Å². The molecule has 0 heterocycles. The van der Waals surface area contributed by atoms with Crippen LogP contribution in [0.15, 0.2) is 18.2 Å². The van der Waals surface area contributed by atoms with Crippen LogP contribution in [0.2, 0.25) is 0 Å². The number of alkyl halides is 3. The van der Waals surface area contributed by atoms with Gasteiger partial charge >= 0.3 is 6.18 Å². The Hall–Kier alpha value is -1.76. The fraction of sp³-hybridized carbons (Fsp3) is 0.462. The van der Waals surface area contributed by atoms with Crippen LogP contribution in [0.4, 0.5) is 13.2 Å². The molecule has 1 aromatic rings. The number of benzene rings is 1. The van der Waals surface area contributed by atoms with Crippen molar-refractivity contribution >= 4 is 5.84 Å². The normalized spacial score (nSPS) is 11.4. The van der Waals surface area contributed by atoms with Crippen molar-refractivity contribution in [3.63, 3.8) is 0 Å². The summed E-state index contributed by atoms with van der Waals surface area (Å²) in [7, 11) is 0. The minimum absolute atomic E-state index is 0.00640. The van der Waals surface area contributed by atoms with Gasteiger partial charge in [-0.3, -0.25) is 5.41 Å². The molecule has 0 saturated carbocycles. The first-order valence-corrected chi connectivity index (χ1v) is 6.12. The predicted octanol–water partition coefficient (Wildman–Crippen LogP) is 2.79. The van der Waals surface area contributed by atoms with Crippen LogP contribution < -0.4 is 10.5 Å². The first kappa shape index (κ1) is 16.3. The molecule has 0 bridgehead atoms. The molecule has 0 radical (unpaired) electrons. The molecular weight excluding hydrogens is 273 g/mol. The number of amidine groups is 1. The molecule has 0 unspecified atom stereocenters. The van der Waals surface area contributed by atoms with E-state index in [1.807, 2.05) is 6.92 Å². The fourth-order valence-corrected chi connectivity index (χ4v) is 1.50. The Balaban J connectivity index is 2.81. The smallest absolute Gasteiger partial charge is 0.419 e. The van der Waals surface area contributed by atoms with Crippen molar-refractivity contribution < 1.29 is 22.6 Å². The van der Waals surface area contributed by atoms with Crippen molar-refractivity contribution in [2.24, 2.45) is 5.73 Å². The molecule has 1 rings (SSSR count). The summed E-state index contributed by atoms with van der Waals surface area (Å²) >= 11 is 0. The predicted molar refractivity (Wildman–Crippen MR) is 69.1 cm³/mol. The summed E-state index contributed by atoms with van der Waals surface area (Å²) in [5, 5.41) is 7.17. The lowest BCUT2D eigenvalue weighted by atomic mass is 10.1. The first-order valence-electron chi connectivity index (χ1n) is 6.12. The van der Waals surface area contributed by atoms with E-state index in [9.17, 15) is 13.2 Å². The molecule has 20 heavy (non-hydrogen) atoms. The van der Waals surface area contributed by atoms with Crippen LogP contribution in [0, 0.1) is 5.41 Å². The van der Waals surface area contributed by atoms with Crippen molar-refractivity contribution in [2.45, 2.75) is 19.5 Å². The molecule has 0 amide bonds. The Morgan fingerprint density at radius 2 is 1.95 bits per heavy atom. The van der Waals surface area contributed by atoms with E-state index in [-0.39, 0.29) is 24.5 Å². The van der Waals surface area contributed by atoms with Crippen LogP contribution in [-0.2, 0) is 10.9 Å². The Labute approximate surface area is 115 Å². The molecule has 1 aromatic carbocycles. The lowest BCUT2D eigenvalue weighted by Gasteiger charge is -2.15. The summed E-state index contributed by atoms with van der Waals surface area (Å²) in [6.45, 7) is 2.73. The van der Waals surface area contributed by atoms with Gasteiger partial charge in [0.15, 0.2) is 0 Å². The third-order valence-corrected chi connectivity index (χ3v) is 2.43. The Morgan fingerprint density at radius 3 is 2.50 bits per heavy atom. The van der Waals surface area contributed by atoms with Gasteiger partial charge in [0, 0.05) is 12.2 Å². The topological polar surface area (TPSA) is 68.3 Å². The van der Waals surface area contributed by atoms with E-state index in [2.05, 4.69) is 0 Å². The SMILES string of the molecule is CCCOCCOc1ccc(C(=N)N)cc1C(F)(F)F. The molecule has 0 aliphatic heterocycles. The highest BCUT2D eigenvalue weighted by Gasteiger charge is 2.34. The fourth-order valence-electron chi connectivity index (χ4n) is 1.50. The third-order valence-electron chi connectivity index (χ3n) is 2.43. The van der Waals surface area contributed by atoms with Gasteiger partial charge < -0.3 is 15.2 Å². The second-order valence-corrected chi connectivity index (χ2v) is 4.08. The van der Waals surface area contributed by atoms with E-state index in [4.69, 9.17) is 20.6 Å². The largest absolute Gasteiger partial charge is 0.491 e. The number of hydrogen-bond acceptors (Lipinski definition) is 3. The highest BCUT2D eigenvalue weighted by Crippen LogP contribution is 2.36. The summed E-state index contributed by atoms with van der Waals surface area (Å²) in [4.78, 5) is 0. The van der Waals surface area contributed by atoms with Crippen LogP contribution in [-0.4, -0.2) is 25.7 Å². The summed E-state index contributed by atoms with van der Waals surface area (Å²) < 4.78 is 48.9. The Kier molecular flexibility index (Phi) is 5.82. The quantitative estimate of drug-likeness (QED) is 0.461. The molecule has 0 atom stereocenters. The average Bonchev–Trinajstić information content (AvgIpc) is 2.37. The van der Waals surface area contributed by atoms with Crippen LogP contribution >= 0.6 is 0 Å². The van der Waals surface area contributed by atoms with Crippen LogP contribution in [0.25, 0.3) is 0 Å². The van der Waals surface area contributed by atoms with Crippen molar-refractivity contribution in [3.05, 3.63) is 29.3 Å². The summed E-state index contributed by atoms with van der Waals surface area (Å²) in [6.07, 6.45) is -3.73. The van der Waals surface area contributed by atoms with E-state index in [0.29, 0.717) is 6.61 Å². The molecule has 0 aliphatic rings. The van der Waals surface area contributed by atoms with Gasteiger partial charge in [0.1, 0.15) is 18.2 Å². The zero-order valence-corrected chi connectivity index (χ0v) is 11.1. The lowest BCUT2D eigenvalue weighted by Crippen LogP contribution is -2.16. The number of nitrogens with one attached hydrogen (secondary N) is 1. The number of nitrogen functional groups attached to an aromatic ring is 1. The average molecular weight is 290 g/mol. The standard InChI is InChI=1S/C13H17F3N2O2/c1-2-5-19-6-7-20-11-4-3-9(12(17)18)8-10(11)13(14,15)16/h3-4,8H,2,5-7H2,1H3,(H3,17,18). The lowest BCUT2D eigenvalue weighted by molar-refractivity contribution is -0.139. The van der Waals surface area contributed by atoms with E-state index < -0.39 is 17.6 Å². The maximum Gasteiger partial charge on any atom is 0.419 e. The van der Waals surface area contributed by atoms with E-state index in [1.165, 1.54) is 12.1 Å². The summed E-state index contributed by atoms with van der Waals surface area (Å²) in [5.74, 6) is -0.712. The van der Waals surface area contributed by atoms with Crippen LogP contribution in [0.1, 0.15) is 24.5 Å². The van der Waals surface area contributed by atoms with Gasteiger partial charge in [-0.15, -0.1) is 0 Å². The summed E-state index contributed by atoms with van der Waals surface area (Å²) in [5.41, 5.74) is 4.25. The van der Waals surface area contributed by atoms with Gasteiger partial charge in [0.05, 0.1) is 12.2 Å². The third kappa shape index (κ3) is 4.73. The minimum Gasteiger partial charge on any atom is -0.491 e. The van der Waals surface area contributed by atoms with Gasteiger partial charge in [-0.05, 0) is 24.6 Å². The monoisotopic (exact) mass is 290 g/mol. The molecule has 0 aromatic heterocycles. The molecule has 0 spiro atoms. The van der Waals surface area contributed by atoms with Crippen LogP contribution in [0.5, 0.6) is 5.75 Å². The first-order chi connectivity index (χ1) is 9.36. The van der Waals surface area contributed by atoms with E-state index in [1.54, 1.807) is 0 Å². The number of hydrogen-bond donors (Lipinski definition) is 2. The van der Waals surface area contributed by atoms with Crippen LogP contribution in [0.3, 0.4) is 0 Å². The number of nitrogens with two attached hydrogens (primary N) is 1. The second-order valence-electron chi connectivity index (χ2n) is 4.08. The molecule has 4 nitrogen and oxygen atoms in total. The second kappa shape index (κ2) is 7.14. The molecule has 0 saturated heterocycles. The molecule has 3 N–H and O–H groups in total. The summed E-state index contributed by atoms with van der Waals surface area (Å²) in [6, 6.07) is 3.30. The number of halogens is 3. The zero-order valence-electron chi connectivity index (χ0n) is 11.1. The number of rotatable bonds is 7. The van der Waals surface area contributed by atoms with E-state index in [0.717, 1.165) is 12.5 Å². The minimum atomic E-state index is -4.56. The molecule has 0 aliphatic carbocycles. The Bertz CT molecular complexity index is 461. The molecule has 112 valence electrons. The van der Waals surface area contributed by atoms with Crippen molar-refractivity contribution in [1.82, 2.24) is 0 Å². The van der Waals surface area contributed by atoms with Gasteiger partial charge in [0.2, 0.25) is 0 Å². The van der Waals surface area contributed by atoms with Crippen molar-refractivity contribution in [3.8, 4) is 5.75 Å². The zero-order chi connectivity index (χ0) is 15.2. The van der Waals surface area contributed by atoms with Crippen molar-refractivity contribution in [1.29, 1.82) is 5.41 Å². The number of ether oxygens (including phenoxy) is 2. The maximum atomic E-state index is 12.9. The highest BCUT2D eigenvalue weighted by atomic mass is 19.4. The van der Waals surface area contributed by atoms with E-state index >= 15 is 0 Å². The Morgan fingerprint density at radius 1 is 1.25 bits per heavy atom. The van der Waals surface area contributed by atoms with Crippen molar-refractivity contribution in [2.75, 3.05) is 19.8 Å². The molecule has 7 heteroatoms.